The van der Waals surface area contributed by atoms with Gasteiger partial charge in [0.2, 0.25) is 0 Å². The van der Waals surface area contributed by atoms with Gasteiger partial charge in [-0.1, -0.05) is 19.8 Å². The molecule has 0 aliphatic carbocycles. The number of unbranched alkanes of at least 4 members (excludes halogenated alkanes) is 1. The lowest BCUT2D eigenvalue weighted by atomic mass is 10.1. The number of rotatable bonds is 6. The van der Waals surface area contributed by atoms with Crippen molar-refractivity contribution in [3.8, 4) is 0 Å². The number of hydrazine groups is 2. The second-order valence-corrected chi connectivity index (χ2v) is 3.54. The molecule has 1 atom stereocenters. The van der Waals surface area contributed by atoms with Crippen LogP contribution < -0.4 is 5.43 Å². The van der Waals surface area contributed by atoms with Crippen LogP contribution in [0.3, 0.4) is 0 Å². The van der Waals surface area contributed by atoms with Crippen molar-refractivity contribution in [2.24, 2.45) is 0 Å². The Bertz CT molecular complexity index is 104. The minimum atomic E-state index is 0.567. The Morgan fingerprint density at radius 2 is 1.83 bits per heavy atom. The van der Waals surface area contributed by atoms with Gasteiger partial charge in [-0.25, -0.2) is 10.4 Å². The fourth-order valence-corrected chi connectivity index (χ4v) is 1.01. The highest BCUT2D eigenvalue weighted by atomic mass is 15.8. The Kier molecular flexibility index (Phi) is 6.34. The largest absolute Gasteiger partial charge is 0.239 e. The van der Waals surface area contributed by atoms with E-state index < -0.39 is 0 Å². The van der Waals surface area contributed by atoms with Crippen molar-refractivity contribution >= 4 is 0 Å². The Balaban J connectivity index is 3.47. The minimum absolute atomic E-state index is 0.567. The molecule has 0 fully saturated rings. The summed E-state index contributed by atoms with van der Waals surface area (Å²) in [7, 11) is 6.08. The van der Waals surface area contributed by atoms with Crippen molar-refractivity contribution < 1.29 is 0 Å². The summed E-state index contributed by atoms with van der Waals surface area (Å²) in [5, 5.41) is 4.04. The van der Waals surface area contributed by atoms with Gasteiger partial charge in [0.05, 0.1) is 0 Å². The second kappa shape index (κ2) is 6.40. The van der Waals surface area contributed by atoms with Gasteiger partial charge >= 0.3 is 0 Å². The summed E-state index contributed by atoms with van der Waals surface area (Å²) in [6.07, 6.45) is 3.82. The summed E-state index contributed by atoms with van der Waals surface area (Å²) < 4.78 is 0. The van der Waals surface area contributed by atoms with E-state index in [1.54, 1.807) is 0 Å². The highest BCUT2D eigenvalue weighted by Gasteiger charge is 2.04. The number of hydrogen-bond donors (Lipinski definition) is 1. The van der Waals surface area contributed by atoms with Crippen LogP contribution in [0.2, 0.25) is 0 Å². The molecule has 0 heterocycles. The molecular formula is C9H23N3. The summed E-state index contributed by atoms with van der Waals surface area (Å²) in [6, 6.07) is 0.567. The van der Waals surface area contributed by atoms with E-state index in [-0.39, 0.29) is 0 Å². The van der Waals surface area contributed by atoms with Gasteiger partial charge in [0, 0.05) is 27.2 Å². The second-order valence-electron chi connectivity index (χ2n) is 3.54. The summed E-state index contributed by atoms with van der Waals surface area (Å²) in [6.45, 7) is 4.44. The standard InChI is InChI=1S/C9H23N3/c1-6-7-8-9(2)10-12(5)11(3)4/h9-10H,6-8H2,1-5H3. The van der Waals surface area contributed by atoms with E-state index in [9.17, 15) is 0 Å². The summed E-state index contributed by atoms with van der Waals surface area (Å²) in [5.74, 6) is 0. The van der Waals surface area contributed by atoms with Crippen molar-refractivity contribution in [2.75, 3.05) is 21.1 Å². The molecule has 0 amide bonds. The van der Waals surface area contributed by atoms with Gasteiger partial charge in [0.25, 0.3) is 0 Å². The van der Waals surface area contributed by atoms with Crippen LogP contribution in [-0.2, 0) is 0 Å². The third kappa shape index (κ3) is 5.52. The van der Waals surface area contributed by atoms with Crippen LogP contribution in [0.15, 0.2) is 0 Å². The van der Waals surface area contributed by atoms with Crippen molar-refractivity contribution in [3.05, 3.63) is 0 Å². The molecule has 0 aliphatic heterocycles. The average Bonchev–Trinajstić information content (AvgIpc) is 2.00. The SMILES string of the molecule is CCCCC(C)NN(C)N(C)C. The average molecular weight is 173 g/mol. The molecule has 0 spiro atoms. The molecule has 74 valence electrons. The highest BCUT2D eigenvalue weighted by Crippen LogP contribution is 1.99. The van der Waals surface area contributed by atoms with Gasteiger partial charge in [-0.2, -0.15) is 5.12 Å². The van der Waals surface area contributed by atoms with E-state index >= 15 is 0 Å². The molecular weight excluding hydrogens is 150 g/mol. The quantitative estimate of drug-likeness (QED) is 0.614. The first kappa shape index (κ1) is 11.9. The molecule has 1 N–H and O–H groups in total. The number of nitrogens with zero attached hydrogens (tertiary/aromatic N) is 2. The van der Waals surface area contributed by atoms with Crippen molar-refractivity contribution in [2.45, 2.75) is 39.2 Å². The summed E-state index contributed by atoms with van der Waals surface area (Å²) in [5.41, 5.74) is 3.37. The van der Waals surface area contributed by atoms with Gasteiger partial charge < -0.3 is 0 Å². The highest BCUT2D eigenvalue weighted by molar-refractivity contribution is 4.56. The Morgan fingerprint density at radius 1 is 1.25 bits per heavy atom. The molecule has 0 aromatic heterocycles. The van der Waals surface area contributed by atoms with E-state index in [1.165, 1.54) is 19.3 Å². The monoisotopic (exact) mass is 173 g/mol. The van der Waals surface area contributed by atoms with E-state index in [2.05, 4.69) is 19.3 Å². The normalized spacial score (nSPS) is 14.2. The summed E-state index contributed by atoms with van der Waals surface area (Å²) >= 11 is 0. The van der Waals surface area contributed by atoms with Gasteiger partial charge in [-0.05, 0) is 13.3 Å². The molecule has 0 aromatic rings. The Hall–Kier alpha value is -0.120. The van der Waals surface area contributed by atoms with Gasteiger partial charge in [0.1, 0.15) is 0 Å². The van der Waals surface area contributed by atoms with E-state index in [1.807, 2.05) is 31.3 Å². The van der Waals surface area contributed by atoms with Crippen LogP contribution in [0.25, 0.3) is 0 Å². The lowest BCUT2D eigenvalue weighted by molar-refractivity contribution is -0.0130. The predicted molar refractivity (Wildman–Crippen MR) is 53.6 cm³/mol. The molecule has 0 rings (SSSR count). The van der Waals surface area contributed by atoms with Gasteiger partial charge in [-0.3, -0.25) is 0 Å². The fourth-order valence-electron chi connectivity index (χ4n) is 1.01. The lowest BCUT2D eigenvalue weighted by Crippen LogP contribution is -2.48. The van der Waals surface area contributed by atoms with Crippen LogP contribution in [0.4, 0.5) is 0 Å². The van der Waals surface area contributed by atoms with Gasteiger partial charge in [0.15, 0.2) is 0 Å². The molecule has 0 saturated heterocycles. The molecule has 1 unspecified atom stereocenters. The van der Waals surface area contributed by atoms with Crippen molar-refractivity contribution in [1.82, 2.24) is 15.6 Å². The minimum Gasteiger partial charge on any atom is -0.239 e. The Morgan fingerprint density at radius 3 is 2.25 bits per heavy atom. The van der Waals surface area contributed by atoms with Crippen LogP contribution in [0.1, 0.15) is 33.1 Å². The van der Waals surface area contributed by atoms with Crippen LogP contribution in [-0.4, -0.2) is 37.3 Å². The Labute approximate surface area is 76.7 Å². The number of nitrogens with one attached hydrogen (secondary N) is 1. The van der Waals surface area contributed by atoms with E-state index in [0.29, 0.717) is 6.04 Å². The topological polar surface area (TPSA) is 18.5 Å². The third-order valence-electron chi connectivity index (χ3n) is 2.00. The van der Waals surface area contributed by atoms with Crippen molar-refractivity contribution in [3.63, 3.8) is 0 Å². The maximum absolute atomic E-state index is 3.37. The van der Waals surface area contributed by atoms with E-state index in [0.717, 1.165) is 0 Å². The fraction of sp³-hybridized carbons (Fsp3) is 1.00. The molecule has 0 aromatic carbocycles. The lowest BCUT2D eigenvalue weighted by Gasteiger charge is -2.28. The van der Waals surface area contributed by atoms with Crippen molar-refractivity contribution in [1.29, 1.82) is 0 Å². The maximum atomic E-state index is 3.37. The molecule has 0 saturated carbocycles. The first-order valence-corrected chi connectivity index (χ1v) is 4.75. The number of hydrogen-bond acceptors (Lipinski definition) is 3. The molecule has 0 radical (unpaired) electrons. The van der Waals surface area contributed by atoms with E-state index in [4.69, 9.17) is 0 Å². The molecule has 0 bridgehead atoms. The predicted octanol–water partition coefficient (Wildman–Crippen LogP) is 1.48. The zero-order valence-electron chi connectivity index (χ0n) is 9.09. The first-order valence-electron chi connectivity index (χ1n) is 4.75. The summed E-state index contributed by atoms with van der Waals surface area (Å²) in [4.78, 5) is 0. The maximum Gasteiger partial charge on any atom is 0.0200 e. The molecule has 3 nitrogen and oxygen atoms in total. The molecule has 3 heteroatoms. The van der Waals surface area contributed by atoms with Crippen LogP contribution in [0.5, 0.6) is 0 Å². The van der Waals surface area contributed by atoms with Crippen LogP contribution >= 0.6 is 0 Å². The molecule has 0 aliphatic rings. The smallest absolute Gasteiger partial charge is 0.0200 e. The third-order valence-corrected chi connectivity index (χ3v) is 2.00. The molecule has 12 heavy (non-hydrogen) atoms. The zero-order valence-corrected chi connectivity index (χ0v) is 9.09. The first-order chi connectivity index (χ1) is 5.57. The zero-order chi connectivity index (χ0) is 9.56. The van der Waals surface area contributed by atoms with Gasteiger partial charge in [-0.15, -0.1) is 0 Å². The van der Waals surface area contributed by atoms with Crippen LogP contribution in [0, 0.1) is 0 Å².